The number of carboxylic acids is 1. The van der Waals surface area contributed by atoms with Crippen molar-refractivity contribution in [1.82, 2.24) is 5.32 Å². The van der Waals surface area contributed by atoms with Crippen LogP contribution >= 0.6 is 23.4 Å². The van der Waals surface area contributed by atoms with Crippen molar-refractivity contribution >= 4 is 41.1 Å². The van der Waals surface area contributed by atoms with Crippen LogP contribution in [0.25, 0.3) is 0 Å². The van der Waals surface area contributed by atoms with Crippen LogP contribution < -0.4 is 10.6 Å². The van der Waals surface area contributed by atoms with Gasteiger partial charge in [-0.25, -0.2) is 9.59 Å². The Bertz CT molecular complexity index is 518. The monoisotopic (exact) mass is 314 g/mol. The molecule has 1 fully saturated rings. The summed E-state index contributed by atoms with van der Waals surface area (Å²) in [6, 6.07) is 4.06. The van der Waals surface area contributed by atoms with E-state index in [9.17, 15) is 9.59 Å². The zero-order valence-electron chi connectivity index (χ0n) is 10.7. The number of aromatic carboxylic acids is 1. The van der Waals surface area contributed by atoms with E-state index in [0.29, 0.717) is 5.69 Å². The highest BCUT2D eigenvalue weighted by Gasteiger charge is 2.16. The second-order valence-corrected chi connectivity index (χ2v) is 6.07. The van der Waals surface area contributed by atoms with Crippen LogP contribution in [-0.4, -0.2) is 34.7 Å². The van der Waals surface area contributed by atoms with Gasteiger partial charge in [-0.05, 0) is 36.8 Å². The first-order valence-electron chi connectivity index (χ1n) is 6.24. The van der Waals surface area contributed by atoms with Gasteiger partial charge in [-0.2, -0.15) is 11.8 Å². The summed E-state index contributed by atoms with van der Waals surface area (Å²) in [7, 11) is 0. The molecule has 1 aliphatic heterocycles. The lowest BCUT2D eigenvalue weighted by molar-refractivity contribution is 0.0697. The molecule has 1 heterocycles. The first-order valence-corrected chi connectivity index (χ1v) is 7.77. The van der Waals surface area contributed by atoms with Crippen molar-refractivity contribution in [2.24, 2.45) is 0 Å². The van der Waals surface area contributed by atoms with E-state index < -0.39 is 5.97 Å². The van der Waals surface area contributed by atoms with E-state index in [2.05, 4.69) is 10.6 Å². The fourth-order valence-electron chi connectivity index (χ4n) is 1.95. The van der Waals surface area contributed by atoms with Crippen molar-refractivity contribution < 1.29 is 14.7 Å². The minimum Gasteiger partial charge on any atom is -0.478 e. The van der Waals surface area contributed by atoms with Crippen molar-refractivity contribution in [2.45, 2.75) is 18.9 Å². The molecule has 0 bridgehead atoms. The molecule has 0 aliphatic carbocycles. The number of carbonyl (C=O) groups is 2. The molecule has 1 saturated heterocycles. The van der Waals surface area contributed by atoms with E-state index in [0.717, 1.165) is 24.3 Å². The molecule has 1 aromatic rings. The maximum atomic E-state index is 11.8. The van der Waals surface area contributed by atoms with Gasteiger partial charge < -0.3 is 15.7 Å². The Morgan fingerprint density at radius 2 is 2.20 bits per heavy atom. The summed E-state index contributed by atoms with van der Waals surface area (Å²) >= 11 is 7.78. The highest BCUT2D eigenvalue weighted by atomic mass is 35.5. The molecule has 1 unspecified atom stereocenters. The molecule has 7 heteroatoms. The number of anilines is 1. The summed E-state index contributed by atoms with van der Waals surface area (Å²) < 4.78 is 0. The first kappa shape index (κ1) is 15.0. The van der Waals surface area contributed by atoms with E-state index in [1.807, 2.05) is 11.8 Å². The molecule has 0 saturated carbocycles. The Hall–Kier alpha value is -1.40. The zero-order valence-corrected chi connectivity index (χ0v) is 12.3. The normalized spacial score (nSPS) is 18.4. The summed E-state index contributed by atoms with van der Waals surface area (Å²) in [5.41, 5.74) is 0.488. The average molecular weight is 315 g/mol. The summed E-state index contributed by atoms with van der Waals surface area (Å²) in [6.45, 7) is 0. The van der Waals surface area contributed by atoms with Gasteiger partial charge in [0.15, 0.2) is 0 Å². The number of carboxylic acid groups (broad SMARTS) is 1. The van der Waals surface area contributed by atoms with E-state index >= 15 is 0 Å². The molecular formula is C13H15ClN2O3S. The third-order valence-corrected chi connectivity index (χ3v) is 4.49. The number of urea groups is 1. The van der Waals surface area contributed by atoms with Gasteiger partial charge >= 0.3 is 12.0 Å². The topological polar surface area (TPSA) is 78.4 Å². The lowest BCUT2D eigenvalue weighted by Crippen LogP contribution is -2.40. The maximum absolute atomic E-state index is 11.8. The predicted octanol–water partition coefficient (Wildman–Crippen LogP) is 3.06. The zero-order chi connectivity index (χ0) is 14.5. The Kier molecular flexibility index (Phi) is 5.14. The quantitative estimate of drug-likeness (QED) is 0.801. The summed E-state index contributed by atoms with van der Waals surface area (Å²) in [5.74, 6) is 1.00. The molecule has 20 heavy (non-hydrogen) atoms. The van der Waals surface area contributed by atoms with Gasteiger partial charge in [0.1, 0.15) is 0 Å². The minimum atomic E-state index is -1.05. The number of halogens is 1. The SMILES string of the molecule is O=C(Nc1ccc(C(=O)O)cc1Cl)NC1CCCSC1. The van der Waals surface area contributed by atoms with Crippen LogP contribution in [0.3, 0.4) is 0 Å². The van der Waals surface area contributed by atoms with E-state index in [1.54, 1.807) is 0 Å². The predicted molar refractivity (Wildman–Crippen MR) is 80.9 cm³/mol. The molecular weight excluding hydrogens is 300 g/mol. The Morgan fingerprint density at radius 3 is 2.80 bits per heavy atom. The lowest BCUT2D eigenvalue weighted by Gasteiger charge is -2.22. The third-order valence-electron chi connectivity index (χ3n) is 2.96. The molecule has 1 aromatic carbocycles. The minimum absolute atomic E-state index is 0.0876. The Labute approximate surface area is 126 Å². The highest BCUT2D eigenvalue weighted by Crippen LogP contribution is 2.23. The van der Waals surface area contributed by atoms with Gasteiger partial charge in [0.05, 0.1) is 16.3 Å². The fourth-order valence-corrected chi connectivity index (χ4v) is 3.25. The van der Waals surface area contributed by atoms with Gasteiger partial charge in [0.25, 0.3) is 0 Å². The third kappa shape index (κ3) is 4.05. The average Bonchev–Trinajstić information content (AvgIpc) is 2.42. The molecule has 2 amide bonds. The molecule has 2 rings (SSSR count). The van der Waals surface area contributed by atoms with Crippen molar-refractivity contribution in [2.75, 3.05) is 16.8 Å². The number of thioether (sulfide) groups is 1. The number of carbonyl (C=O) groups excluding carboxylic acids is 1. The number of hydrogen-bond donors (Lipinski definition) is 3. The van der Waals surface area contributed by atoms with Gasteiger partial charge in [0, 0.05) is 11.8 Å². The molecule has 3 N–H and O–H groups in total. The van der Waals surface area contributed by atoms with Gasteiger partial charge in [-0.15, -0.1) is 0 Å². The molecule has 1 aliphatic rings. The number of benzene rings is 1. The van der Waals surface area contributed by atoms with E-state index in [1.165, 1.54) is 18.2 Å². The smallest absolute Gasteiger partial charge is 0.335 e. The Morgan fingerprint density at radius 1 is 1.40 bits per heavy atom. The van der Waals surface area contributed by atoms with Crippen LogP contribution in [0, 0.1) is 0 Å². The van der Waals surface area contributed by atoms with Crippen molar-refractivity contribution in [1.29, 1.82) is 0 Å². The summed E-state index contributed by atoms with van der Waals surface area (Å²) in [6.07, 6.45) is 2.08. The van der Waals surface area contributed by atoms with Gasteiger partial charge in [-0.1, -0.05) is 11.6 Å². The van der Waals surface area contributed by atoms with Gasteiger partial charge in [0.2, 0.25) is 0 Å². The van der Waals surface area contributed by atoms with Crippen LogP contribution in [0.2, 0.25) is 5.02 Å². The molecule has 0 spiro atoms. The first-order chi connectivity index (χ1) is 9.56. The standard InChI is InChI=1S/C13H15ClN2O3S/c14-10-6-8(12(17)18)3-4-11(10)16-13(19)15-9-2-1-5-20-7-9/h3-4,6,9H,1-2,5,7H2,(H,17,18)(H2,15,16,19). The Balaban J connectivity index is 1.95. The van der Waals surface area contributed by atoms with E-state index in [-0.39, 0.29) is 22.7 Å². The molecule has 5 nitrogen and oxygen atoms in total. The lowest BCUT2D eigenvalue weighted by atomic mass is 10.2. The van der Waals surface area contributed by atoms with Gasteiger partial charge in [-0.3, -0.25) is 0 Å². The van der Waals surface area contributed by atoms with Crippen molar-refractivity contribution in [3.63, 3.8) is 0 Å². The van der Waals surface area contributed by atoms with E-state index in [4.69, 9.17) is 16.7 Å². The van der Waals surface area contributed by atoms with Crippen LogP contribution in [0.4, 0.5) is 10.5 Å². The number of amides is 2. The molecule has 108 valence electrons. The van der Waals surface area contributed by atoms with Crippen LogP contribution in [0.15, 0.2) is 18.2 Å². The van der Waals surface area contributed by atoms with Crippen molar-refractivity contribution in [3.8, 4) is 0 Å². The largest absolute Gasteiger partial charge is 0.478 e. The fraction of sp³-hybridized carbons (Fsp3) is 0.385. The van der Waals surface area contributed by atoms with Crippen LogP contribution in [0.5, 0.6) is 0 Å². The molecule has 1 atom stereocenters. The highest BCUT2D eigenvalue weighted by molar-refractivity contribution is 7.99. The van der Waals surface area contributed by atoms with Crippen LogP contribution in [-0.2, 0) is 0 Å². The van der Waals surface area contributed by atoms with Crippen molar-refractivity contribution in [3.05, 3.63) is 28.8 Å². The second kappa shape index (κ2) is 6.85. The molecule has 0 radical (unpaired) electrons. The summed E-state index contributed by atoms with van der Waals surface area (Å²) in [4.78, 5) is 22.6. The van der Waals surface area contributed by atoms with Crippen LogP contribution in [0.1, 0.15) is 23.2 Å². The molecule has 0 aromatic heterocycles. The summed E-state index contributed by atoms with van der Waals surface area (Å²) in [5, 5.41) is 14.6. The number of rotatable bonds is 3. The number of hydrogen-bond acceptors (Lipinski definition) is 3. The second-order valence-electron chi connectivity index (χ2n) is 4.51. The maximum Gasteiger partial charge on any atom is 0.335 e. The number of nitrogens with one attached hydrogen (secondary N) is 2.